The molecule has 2 aliphatic heterocycles. The van der Waals surface area contributed by atoms with Gasteiger partial charge in [0.2, 0.25) is 5.91 Å². The van der Waals surface area contributed by atoms with Gasteiger partial charge in [0.05, 0.1) is 11.3 Å². The van der Waals surface area contributed by atoms with E-state index in [0.717, 1.165) is 39.0 Å². The van der Waals surface area contributed by atoms with Gasteiger partial charge in [-0.05, 0) is 37.8 Å². The van der Waals surface area contributed by atoms with Crippen LogP contribution in [-0.2, 0) is 11.2 Å². The first kappa shape index (κ1) is 17.7. The molecule has 3 rings (SSSR count). The number of fused-ring (bicyclic) bond motifs is 1. The number of para-hydroxylation sites is 1. The fraction of sp³-hybridized carbons (Fsp3) is 0.562. The van der Waals surface area contributed by atoms with Crippen molar-refractivity contribution in [1.29, 1.82) is 0 Å². The van der Waals surface area contributed by atoms with Crippen molar-refractivity contribution in [2.75, 3.05) is 26.2 Å². The molecule has 1 aromatic rings. The number of rotatable bonds is 3. The lowest BCUT2D eigenvalue weighted by Crippen LogP contribution is -2.34. The van der Waals surface area contributed by atoms with Gasteiger partial charge in [0, 0.05) is 24.7 Å². The third kappa shape index (κ3) is 4.00. The van der Waals surface area contributed by atoms with Crippen molar-refractivity contribution >= 4 is 24.0 Å². The Balaban J connectivity index is 0.00000192. The summed E-state index contributed by atoms with van der Waals surface area (Å²) in [6, 6.07) is 6.51. The maximum absolute atomic E-state index is 12.5. The highest BCUT2D eigenvalue weighted by Gasteiger charge is 2.31. The van der Waals surface area contributed by atoms with E-state index in [1.165, 1.54) is 6.07 Å². The summed E-state index contributed by atoms with van der Waals surface area (Å²) in [5.74, 6) is 1.34. The van der Waals surface area contributed by atoms with E-state index in [9.17, 15) is 14.9 Å². The van der Waals surface area contributed by atoms with Crippen LogP contribution in [0.25, 0.3) is 0 Å². The molecule has 2 saturated heterocycles. The number of likely N-dealkylation sites (tertiary alicyclic amines) is 1. The van der Waals surface area contributed by atoms with Crippen LogP contribution in [0.4, 0.5) is 5.69 Å². The number of hydrogen-bond donors (Lipinski definition) is 1. The number of nitro benzene ring substituents is 1. The normalized spacial score (nSPS) is 23.6. The number of halogens is 1. The average molecular weight is 340 g/mol. The number of amides is 1. The molecule has 0 spiro atoms. The second-order valence-electron chi connectivity index (χ2n) is 6.20. The molecule has 0 unspecified atom stereocenters. The highest BCUT2D eigenvalue weighted by Crippen LogP contribution is 2.27. The van der Waals surface area contributed by atoms with Crippen LogP contribution in [0, 0.1) is 22.0 Å². The summed E-state index contributed by atoms with van der Waals surface area (Å²) < 4.78 is 0. The number of carbonyl (C=O) groups is 1. The molecule has 2 heterocycles. The maximum Gasteiger partial charge on any atom is 0.273 e. The molecule has 126 valence electrons. The molecule has 0 saturated carbocycles. The topological polar surface area (TPSA) is 75.5 Å². The van der Waals surface area contributed by atoms with Crippen molar-refractivity contribution in [3.63, 3.8) is 0 Å². The molecule has 1 amide bonds. The van der Waals surface area contributed by atoms with E-state index in [0.29, 0.717) is 17.4 Å². The summed E-state index contributed by atoms with van der Waals surface area (Å²) in [7, 11) is 0. The highest BCUT2D eigenvalue weighted by molar-refractivity contribution is 5.85. The maximum atomic E-state index is 12.5. The SMILES string of the molecule is Cl.O=C(Cc1ccccc1[N+](=O)[O-])N1CC[C@@H]2CNC[C@@H]2CC1. The van der Waals surface area contributed by atoms with E-state index in [4.69, 9.17) is 0 Å². The van der Waals surface area contributed by atoms with Gasteiger partial charge in [-0.1, -0.05) is 18.2 Å². The Morgan fingerprint density at radius 1 is 1.22 bits per heavy atom. The number of nitrogens with zero attached hydrogens (tertiary/aromatic N) is 2. The molecule has 2 fully saturated rings. The fourth-order valence-electron chi connectivity index (χ4n) is 3.58. The van der Waals surface area contributed by atoms with Gasteiger partial charge in [0.15, 0.2) is 0 Å². The van der Waals surface area contributed by atoms with E-state index in [1.807, 2.05) is 4.90 Å². The zero-order valence-corrected chi connectivity index (χ0v) is 13.8. The molecule has 23 heavy (non-hydrogen) atoms. The van der Waals surface area contributed by atoms with E-state index in [1.54, 1.807) is 18.2 Å². The first-order valence-electron chi connectivity index (χ1n) is 7.86. The second-order valence-corrected chi connectivity index (χ2v) is 6.20. The molecule has 1 N–H and O–H groups in total. The van der Waals surface area contributed by atoms with Crippen LogP contribution < -0.4 is 5.32 Å². The van der Waals surface area contributed by atoms with Gasteiger partial charge in [-0.2, -0.15) is 0 Å². The Morgan fingerprint density at radius 2 is 1.83 bits per heavy atom. The first-order chi connectivity index (χ1) is 10.6. The largest absolute Gasteiger partial charge is 0.342 e. The van der Waals surface area contributed by atoms with Crippen LogP contribution in [0.5, 0.6) is 0 Å². The van der Waals surface area contributed by atoms with Crippen LogP contribution in [0.1, 0.15) is 18.4 Å². The summed E-state index contributed by atoms with van der Waals surface area (Å²) in [5.41, 5.74) is 0.537. The van der Waals surface area contributed by atoms with Crippen molar-refractivity contribution in [2.24, 2.45) is 11.8 Å². The smallest absolute Gasteiger partial charge is 0.273 e. The van der Waals surface area contributed by atoms with Crippen LogP contribution in [0.3, 0.4) is 0 Å². The Bertz CT molecular complexity index is 567. The van der Waals surface area contributed by atoms with E-state index in [2.05, 4.69) is 5.32 Å². The average Bonchev–Trinajstić information content (AvgIpc) is 2.86. The van der Waals surface area contributed by atoms with Crippen molar-refractivity contribution < 1.29 is 9.72 Å². The van der Waals surface area contributed by atoms with Gasteiger partial charge >= 0.3 is 0 Å². The quantitative estimate of drug-likeness (QED) is 0.675. The number of nitro groups is 1. The molecule has 0 radical (unpaired) electrons. The third-order valence-corrected chi connectivity index (χ3v) is 4.90. The van der Waals surface area contributed by atoms with Crippen molar-refractivity contribution in [3.8, 4) is 0 Å². The minimum atomic E-state index is -0.416. The number of carbonyl (C=O) groups excluding carboxylic acids is 1. The van der Waals surface area contributed by atoms with Crippen molar-refractivity contribution in [3.05, 3.63) is 39.9 Å². The van der Waals surface area contributed by atoms with Gasteiger partial charge in [-0.25, -0.2) is 0 Å². The van der Waals surface area contributed by atoms with Crippen LogP contribution in [0.15, 0.2) is 24.3 Å². The van der Waals surface area contributed by atoms with Gasteiger partial charge in [-0.15, -0.1) is 12.4 Å². The minimum absolute atomic E-state index is 0. The Labute approximate surface area is 141 Å². The monoisotopic (exact) mass is 339 g/mol. The number of benzene rings is 1. The van der Waals surface area contributed by atoms with Crippen LogP contribution >= 0.6 is 12.4 Å². The molecule has 0 aliphatic carbocycles. The summed E-state index contributed by atoms with van der Waals surface area (Å²) in [4.78, 5) is 25.0. The van der Waals surface area contributed by atoms with E-state index >= 15 is 0 Å². The van der Waals surface area contributed by atoms with Gasteiger partial charge < -0.3 is 10.2 Å². The van der Waals surface area contributed by atoms with Gasteiger partial charge in [0.1, 0.15) is 0 Å². The lowest BCUT2D eigenvalue weighted by atomic mass is 9.92. The van der Waals surface area contributed by atoms with Crippen molar-refractivity contribution in [2.45, 2.75) is 19.3 Å². The predicted octanol–water partition coefficient (Wildman–Crippen LogP) is 2.02. The van der Waals surface area contributed by atoms with Gasteiger partial charge in [-0.3, -0.25) is 14.9 Å². The van der Waals surface area contributed by atoms with Gasteiger partial charge in [0.25, 0.3) is 5.69 Å². The molecule has 1 aromatic carbocycles. The molecule has 0 bridgehead atoms. The molecular weight excluding hydrogens is 318 g/mol. The second kappa shape index (κ2) is 7.75. The number of hydrogen-bond acceptors (Lipinski definition) is 4. The molecule has 6 nitrogen and oxygen atoms in total. The van der Waals surface area contributed by atoms with E-state index in [-0.39, 0.29) is 30.4 Å². The predicted molar refractivity (Wildman–Crippen MR) is 89.7 cm³/mol. The lowest BCUT2D eigenvalue weighted by molar-refractivity contribution is -0.385. The summed E-state index contributed by atoms with van der Waals surface area (Å²) in [6.07, 6.45) is 2.17. The lowest BCUT2D eigenvalue weighted by Gasteiger charge is -2.21. The standard InChI is InChI=1S/C16H21N3O3.ClH/c20-16(9-12-3-1-2-4-15(12)19(21)22)18-7-5-13-10-17-11-14(13)6-8-18;/h1-4,13-14,17H,5-11H2;1H/t13-,14+;. The summed E-state index contributed by atoms with van der Waals surface area (Å²) in [6.45, 7) is 3.64. The Morgan fingerprint density at radius 3 is 2.43 bits per heavy atom. The zero-order valence-electron chi connectivity index (χ0n) is 12.9. The molecule has 2 atom stereocenters. The fourth-order valence-corrected chi connectivity index (χ4v) is 3.58. The molecule has 0 aromatic heterocycles. The van der Waals surface area contributed by atoms with Crippen LogP contribution in [-0.4, -0.2) is 41.9 Å². The van der Waals surface area contributed by atoms with E-state index < -0.39 is 4.92 Å². The third-order valence-electron chi connectivity index (χ3n) is 4.90. The Hall–Kier alpha value is -1.66. The van der Waals surface area contributed by atoms with Crippen LogP contribution in [0.2, 0.25) is 0 Å². The summed E-state index contributed by atoms with van der Waals surface area (Å²) in [5, 5.41) is 14.5. The molecule has 2 aliphatic rings. The highest BCUT2D eigenvalue weighted by atomic mass is 35.5. The number of nitrogens with one attached hydrogen (secondary N) is 1. The molecule has 7 heteroatoms. The molecular formula is C16H22ClN3O3. The minimum Gasteiger partial charge on any atom is -0.342 e. The zero-order chi connectivity index (χ0) is 15.5. The first-order valence-corrected chi connectivity index (χ1v) is 7.86. The van der Waals surface area contributed by atoms with Crippen molar-refractivity contribution in [1.82, 2.24) is 10.2 Å². The summed E-state index contributed by atoms with van der Waals surface area (Å²) >= 11 is 0. The Kier molecular flexibility index (Phi) is 5.96.